The van der Waals surface area contributed by atoms with Crippen LogP contribution in [0.2, 0.25) is 5.02 Å². The van der Waals surface area contributed by atoms with Crippen molar-refractivity contribution in [2.75, 3.05) is 18.4 Å². The summed E-state index contributed by atoms with van der Waals surface area (Å²) in [6.45, 7) is 2.25. The number of ether oxygens (including phenoxy) is 1. The molecule has 0 bridgehead atoms. The van der Waals surface area contributed by atoms with Crippen LogP contribution in [0.25, 0.3) is 0 Å². The smallest absolute Gasteiger partial charge is 0.412 e. The highest BCUT2D eigenvalue weighted by molar-refractivity contribution is 6.31. The second-order valence-corrected chi connectivity index (χ2v) is 9.09. The number of benzene rings is 2. The van der Waals surface area contributed by atoms with Crippen molar-refractivity contribution in [3.8, 4) is 0 Å². The van der Waals surface area contributed by atoms with E-state index in [0.717, 1.165) is 5.56 Å². The number of halogens is 3. The second-order valence-electron chi connectivity index (χ2n) is 8.68. The van der Waals surface area contributed by atoms with E-state index in [9.17, 15) is 14.0 Å². The lowest BCUT2D eigenvalue weighted by Gasteiger charge is -2.44. The molecule has 5 rings (SSSR count). The molecule has 0 aliphatic carbocycles. The van der Waals surface area contributed by atoms with Gasteiger partial charge in [0.15, 0.2) is 11.4 Å². The van der Waals surface area contributed by atoms with Gasteiger partial charge in [-0.1, -0.05) is 30.7 Å². The fourth-order valence-corrected chi connectivity index (χ4v) is 5.05. The van der Waals surface area contributed by atoms with Gasteiger partial charge in [-0.05, 0) is 49.1 Å². The van der Waals surface area contributed by atoms with Crippen LogP contribution in [0.3, 0.4) is 0 Å². The number of piperidine rings is 1. The lowest BCUT2D eigenvalue weighted by atomic mass is 9.83. The lowest BCUT2D eigenvalue weighted by molar-refractivity contribution is -0.0420. The van der Waals surface area contributed by atoms with Gasteiger partial charge in [0.1, 0.15) is 11.6 Å². The summed E-state index contributed by atoms with van der Waals surface area (Å²) in [5, 5.41) is 9.34. The van der Waals surface area contributed by atoms with E-state index in [1.165, 1.54) is 29.2 Å². The van der Waals surface area contributed by atoms with Gasteiger partial charge in [0.25, 0.3) is 5.91 Å². The molecule has 3 heterocycles. The van der Waals surface area contributed by atoms with Gasteiger partial charge in [0, 0.05) is 12.5 Å². The molecule has 11 heteroatoms. The van der Waals surface area contributed by atoms with Gasteiger partial charge in [0.2, 0.25) is 5.82 Å². The quantitative estimate of drug-likeness (QED) is 0.525. The molecule has 1 aromatic heterocycles. The van der Waals surface area contributed by atoms with Crippen molar-refractivity contribution in [2.24, 2.45) is 0 Å². The maximum absolute atomic E-state index is 15.1. The van der Waals surface area contributed by atoms with Crippen molar-refractivity contribution in [1.29, 1.82) is 0 Å². The van der Waals surface area contributed by atoms with Crippen molar-refractivity contribution < 1.29 is 23.1 Å². The standard InChI is InChI=1S/C24H22ClF2N5O3/c1-2-15(13-4-6-14(26)7-5-13)20-29-21(31-30-20)22(33)32-11-3-10-24(12-32)18-17(28-23(34)35-24)9-8-16(25)19(18)27/h4-9,15H,2-3,10-12H2,1H3,(H,28,34)(H,29,30,31)/t15?,24-/m0/s1. The molecule has 2 aliphatic heterocycles. The summed E-state index contributed by atoms with van der Waals surface area (Å²) < 4.78 is 34.0. The highest BCUT2D eigenvalue weighted by atomic mass is 35.5. The van der Waals surface area contributed by atoms with Crippen LogP contribution in [-0.4, -0.2) is 45.2 Å². The molecule has 2 aliphatic rings. The summed E-state index contributed by atoms with van der Waals surface area (Å²) in [4.78, 5) is 31.5. The predicted molar refractivity (Wildman–Crippen MR) is 123 cm³/mol. The first kappa shape index (κ1) is 23.2. The van der Waals surface area contributed by atoms with Gasteiger partial charge in [-0.2, -0.15) is 0 Å². The number of anilines is 1. The number of carbonyl (C=O) groups excluding carboxylic acids is 2. The number of H-pyrrole nitrogens is 1. The molecule has 2 amide bonds. The summed E-state index contributed by atoms with van der Waals surface area (Å²) >= 11 is 6.02. The number of nitrogens with zero attached hydrogens (tertiary/aromatic N) is 3. The minimum absolute atomic E-state index is 0.0512. The SMILES string of the molecule is CCC(c1ccc(F)cc1)c1nc(C(=O)N2CCC[C@@]3(C2)OC(=O)Nc2ccc(Cl)c(F)c23)n[nH]1. The monoisotopic (exact) mass is 501 g/mol. The molecule has 3 aromatic rings. The van der Waals surface area contributed by atoms with Crippen LogP contribution in [0.15, 0.2) is 36.4 Å². The first-order valence-electron chi connectivity index (χ1n) is 11.3. The van der Waals surface area contributed by atoms with Gasteiger partial charge in [0.05, 0.1) is 22.8 Å². The summed E-state index contributed by atoms with van der Waals surface area (Å²) in [6.07, 6.45) is 0.727. The Bertz CT molecular complexity index is 1300. The first-order chi connectivity index (χ1) is 16.8. The van der Waals surface area contributed by atoms with Crippen LogP contribution < -0.4 is 5.32 Å². The van der Waals surface area contributed by atoms with Gasteiger partial charge in [-0.25, -0.2) is 18.6 Å². The molecule has 35 heavy (non-hydrogen) atoms. The summed E-state index contributed by atoms with van der Waals surface area (Å²) in [6, 6.07) is 8.97. The minimum Gasteiger partial charge on any atom is -0.436 e. The number of likely N-dealkylation sites (tertiary alicyclic amines) is 1. The number of aromatic amines is 1. The fourth-order valence-electron chi connectivity index (χ4n) is 4.90. The van der Waals surface area contributed by atoms with Crippen LogP contribution in [0.4, 0.5) is 19.3 Å². The molecule has 1 unspecified atom stereocenters. The Morgan fingerprint density at radius 2 is 2.03 bits per heavy atom. The number of amides is 2. The van der Waals surface area contributed by atoms with Crippen LogP contribution >= 0.6 is 11.6 Å². The maximum atomic E-state index is 15.1. The Kier molecular flexibility index (Phi) is 5.92. The molecule has 8 nitrogen and oxygen atoms in total. The first-order valence-corrected chi connectivity index (χ1v) is 11.6. The van der Waals surface area contributed by atoms with Crippen LogP contribution in [0.5, 0.6) is 0 Å². The molecule has 1 spiro atoms. The minimum atomic E-state index is -1.38. The van der Waals surface area contributed by atoms with E-state index in [4.69, 9.17) is 16.3 Å². The molecular formula is C24H22ClF2N5O3. The zero-order valence-corrected chi connectivity index (χ0v) is 19.5. The van der Waals surface area contributed by atoms with Gasteiger partial charge in [-0.15, -0.1) is 5.10 Å². The van der Waals surface area contributed by atoms with Gasteiger partial charge in [-0.3, -0.25) is 15.2 Å². The number of hydrogen-bond acceptors (Lipinski definition) is 5. The van der Waals surface area contributed by atoms with E-state index in [-0.39, 0.29) is 40.4 Å². The number of aromatic nitrogens is 3. The van der Waals surface area contributed by atoms with Crippen molar-refractivity contribution in [3.63, 3.8) is 0 Å². The zero-order chi connectivity index (χ0) is 24.7. The lowest BCUT2D eigenvalue weighted by Crippen LogP contribution is -2.53. The number of hydrogen-bond donors (Lipinski definition) is 2. The Hall–Kier alpha value is -3.53. The predicted octanol–water partition coefficient (Wildman–Crippen LogP) is 4.97. The molecule has 2 N–H and O–H groups in total. The average molecular weight is 502 g/mol. The third kappa shape index (κ3) is 4.12. The van der Waals surface area contributed by atoms with E-state index in [2.05, 4.69) is 20.5 Å². The van der Waals surface area contributed by atoms with Gasteiger partial charge < -0.3 is 9.64 Å². The molecule has 1 fully saturated rings. The maximum Gasteiger partial charge on any atom is 0.412 e. The number of rotatable bonds is 4. The molecule has 182 valence electrons. The van der Waals surface area contributed by atoms with Crippen molar-refractivity contribution in [2.45, 2.75) is 37.7 Å². The summed E-state index contributed by atoms with van der Waals surface area (Å²) in [5.41, 5.74) is -0.144. The van der Waals surface area contributed by atoms with E-state index >= 15 is 4.39 Å². The van der Waals surface area contributed by atoms with Crippen molar-refractivity contribution >= 4 is 29.3 Å². The highest BCUT2D eigenvalue weighted by Crippen LogP contribution is 2.45. The Balaban J connectivity index is 1.42. The van der Waals surface area contributed by atoms with E-state index in [1.807, 2.05) is 6.92 Å². The topological polar surface area (TPSA) is 100 Å². The van der Waals surface area contributed by atoms with E-state index < -0.39 is 23.4 Å². The van der Waals surface area contributed by atoms with Crippen molar-refractivity contribution in [1.82, 2.24) is 20.1 Å². The molecule has 2 atom stereocenters. The third-order valence-corrected chi connectivity index (χ3v) is 6.81. The van der Waals surface area contributed by atoms with Crippen molar-refractivity contribution in [3.05, 3.63) is 75.8 Å². The number of fused-ring (bicyclic) bond motifs is 2. The van der Waals surface area contributed by atoms with Gasteiger partial charge >= 0.3 is 6.09 Å². The van der Waals surface area contributed by atoms with E-state index in [1.54, 1.807) is 12.1 Å². The molecule has 2 aromatic carbocycles. The molecule has 0 radical (unpaired) electrons. The molecule has 1 saturated heterocycles. The Morgan fingerprint density at radius 1 is 1.26 bits per heavy atom. The number of carbonyl (C=O) groups is 2. The second kappa shape index (κ2) is 8.92. The average Bonchev–Trinajstić information content (AvgIpc) is 3.32. The van der Waals surface area contributed by atoms with E-state index in [0.29, 0.717) is 31.6 Å². The highest BCUT2D eigenvalue weighted by Gasteiger charge is 2.49. The Morgan fingerprint density at radius 3 is 2.77 bits per heavy atom. The van der Waals surface area contributed by atoms with Crippen LogP contribution in [-0.2, 0) is 10.3 Å². The normalized spacial score (nSPS) is 20.2. The summed E-state index contributed by atoms with van der Waals surface area (Å²) in [7, 11) is 0. The third-order valence-electron chi connectivity index (χ3n) is 6.52. The van der Waals surface area contributed by atoms with Crippen LogP contribution in [0, 0.1) is 11.6 Å². The molecule has 0 saturated carbocycles. The summed E-state index contributed by atoms with van der Waals surface area (Å²) in [5.74, 6) is -1.28. The molecular weight excluding hydrogens is 480 g/mol. The number of nitrogens with one attached hydrogen (secondary N) is 2. The fraction of sp³-hybridized carbons (Fsp3) is 0.333. The Labute approximate surface area is 204 Å². The van der Waals surface area contributed by atoms with Crippen LogP contribution in [0.1, 0.15) is 59.7 Å². The zero-order valence-electron chi connectivity index (χ0n) is 18.8. The largest absolute Gasteiger partial charge is 0.436 e.